The van der Waals surface area contributed by atoms with E-state index in [0.29, 0.717) is 21.9 Å². The van der Waals surface area contributed by atoms with Crippen LogP contribution in [0.2, 0.25) is 5.02 Å². The Morgan fingerprint density at radius 1 is 1.17 bits per heavy atom. The van der Waals surface area contributed by atoms with Gasteiger partial charge in [0.05, 0.1) is 24.4 Å². The third-order valence-electron chi connectivity index (χ3n) is 5.08. The van der Waals surface area contributed by atoms with Gasteiger partial charge in [0.2, 0.25) is 0 Å². The maximum Gasteiger partial charge on any atom is 0.296 e. The molecule has 4 rings (SSSR count). The third kappa shape index (κ3) is 3.50. The summed E-state index contributed by atoms with van der Waals surface area (Å²) in [5, 5.41) is 11.4. The SMILES string of the molecule is Cc1ccc(C(O)=C2C(=O)C(=O)N(Cc3ccco3)[C@H]2c2ccc(Cl)cc2)cc1F. The fraction of sp³-hybridized carbons (Fsp3) is 0.130. The van der Waals surface area contributed by atoms with E-state index in [-0.39, 0.29) is 17.7 Å². The highest BCUT2D eigenvalue weighted by Crippen LogP contribution is 2.40. The zero-order valence-corrected chi connectivity index (χ0v) is 16.7. The Morgan fingerprint density at radius 3 is 2.53 bits per heavy atom. The number of halogens is 2. The number of likely N-dealkylation sites (tertiary alicyclic amines) is 1. The lowest BCUT2D eigenvalue weighted by Gasteiger charge is -2.24. The number of aliphatic hydroxyl groups excluding tert-OH is 1. The highest BCUT2D eigenvalue weighted by Gasteiger charge is 2.46. The number of carbonyl (C=O) groups excluding carboxylic acids is 2. The molecule has 1 saturated heterocycles. The first-order valence-corrected chi connectivity index (χ1v) is 9.57. The van der Waals surface area contributed by atoms with Crippen LogP contribution in [-0.4, -0.2) is 21.7 Å². The normalized spacial score (nSPS) is 18.2. The van der Waals surface area contributed by atoms with Crippen molar-refractivity contribution in [1.29, 1.82) is 0 Å². The van der Waals surface area contributed by atoms with Gasteiger partial charge in [0.25, 0.3) is 11.7 Å². The number of ketones is 1. The van der Waals surface area contributed by atoms with Gasteiger partial charge in [-0.25, -0.2) is 4.39 Å². The van der Waals surface area contributed by atoms with Crippen molar-refractivity contribution in [1.82, 2.24) is 4.90 Å². The number of hydrogen-bond acceptors (Lipinski definition) is 4. The molecule has 0 spiro atoms. The van der Waals surface area contributed by atoms with E-state index < -0.39 is 29.3 Å². The predicted molar refractivity (Wildman–Crippen MR) is 109 cm³/mol. The van der Waals surface area contributed by atoms with Gasteiger partial charge in [-0.05, 0) is 48.4 Å². The molecule has 152 valence electrons. The molecule has 1 atom stereocenters. The molecule has 1 aliphatic rings. The predicted octanol–water partition coefficient (Wildman–Crippen LogP) is 5.00. The first-order chi connectivity index (χ1) is 14.4. The van der Waals surface area contributed by atoms with E-state index in [2.05, 4.69) is 0 Å². The Labute approximate surface area is 177 Å². The topological polar surface area (TPSA) is 70.8 Å². The summed E-state index contributed by atoms with van der Waals surface area (Å²) in [5.41, 5.74) is 0.989. The van der Waals surface area contributed by atoms with Gasteiger partial charge in [-0.15, -0.1) is 0 Å². The van der Waals surface area contributed by atoms with Crippen molar-refractivity contribution in [3.8, 4) is 0 Å². The number of aryl methyl sites for hydroxylation is 1. The van der Waals surface area contributed by atoms with E-state index in [1.807, 2.05) is 0 Å². The van der Waals surface area contributed by atoms with Crippen molar-refractivity contribution in [2.24, 2.45) is 0 Å². The lowest BCUT2D eigenvalue weighted by Crippen LogP contribution is -2.29. The summed E-state index contributed by atoms with van der Waals surface area (Å²) < 4.78 is 19.4. The Hall–Kier alpha value is -3.38. The fourth-order valence-electron chi connectivity index (χ4n) is 3.50. The van der Waals surface area contributed by atoms with E-state index >= 15 is 0 Å². The quantitative estimate of drug-likeness (QED) is 0.362. The number of amides is 1. The number of carbonyl (C=O) groups is 2. The zero-order chi connectivity index (χ0) is 21.4. The van der Waals surface area contributed by atoms with Gasteiger partial charge >= 0.3 is 0 Å². The first kappa shape index (κ1) is 19.9. The Balaban J connectivity index is 1.87. The molecule has 2 heterocycles. The minimum atomic E-state index is -0.878. The average Bonchev–Trinajstić information content (AvgIpc) is 3.33. The number of nitrogens with zero attached hydrogens (tertiary/aromatic N) is 1. The maximum atomic E-state index is 14.1. The molecule has 5 nitrogen and oxygen atoms in total. The van der Waals surface area contributed by atoms with Gasteiger partial charge in [-0.2, -0.15) is 0 Å². The fourth-order valence-corrected chi connectivity index (χ4v) is 3.63. The van der Waals surface area contributed by atoms with Crippen molar-refractivity contribution < 1.29 is 23.5 Å². The van der Waals surface area contributed by atoms with Gasteiger partial charge < -0.3 is 14.4 Å². The second kappa shape index (κ2) is 7.80. The van der Waals surface area contributed by atoms with Crippen LogP contribution in [0.25, 0.3) is 5.76 Å². The second-order valence-corrected chi connectivity index (χ2v) is 7.46. The molecule has 0 saturated carbocycles. The summed E-state index contributed by atoms with van der Waals surface area (Å²) in [6.07, 6.45) is 1.47. The monoisotopic (exact) mass is 425 g/mol. The lowest BCUT2D eigenvalue weighted by atomic mass is 9.95. The van der Waals surface area contributed by atoms with Crippen molar-refractivity contribution in [2.45, 2.75) is 19.5 Å². The number of hydrogen-bond donors (Lipinski definition) is 1. The number of benzene rings is 2. The molecule has 1 N–H and O–H groups in total. The van der Waals surface area contributed by atoms with Gasteiger partial charge in [-0.3, -0.25) is 9.59 Å². The molecule has 0 bridgehead atoms. The molecule has 0 aliphatic carbocycles. The minimum Gasteiger partial charge on any atom is -0.507 e. The summed E-state index contributed by atoms with van der Waals surface area (Å²) >= 11 is 5.99. The van der Waals surface area contributed by atoms with Crippen LogP contribution in [0, 0.1) is 12.7 Å². The van der Waals surface area contributed by atoms with Crippen molar-refractivity contribution >= 4 is 29.1 Å². The molecular formula is C23H17ClFNO4. The van der Waals surface area contributed by atoms with Crippen LogP contribution in [0.1, 0.15) is 28.5 Å². The summed E-state index contributed by atoms with van der Waals surface area (Å²) in [4.78, 5) is 27.1. The molecule has 2 aromatic carbocycles. The highest BCUT2D eigenvalue weighted by molar-refractivity contribution is 6.46. The van der Waals surface area contributed by atoms with E-state index in [1.165, 1.54) is 23.3 Å². The largest absolute Gasteiger partial charge is 0.507 e. The van der Waals surface area contributed by atoms with Crippen LogP contribution in [0.15, 0.2) is 70.9 Å². The minimum absolute atomic E-state index is 0.0317. The molecule has 1 aliphatic heterocycles. The number of Topliss-reactive ketones (excluding diaryl/α,β-unsaturated/α-hetero) is 1. The molecular weight excluding hydrogens is 409 g/mol. The standard InChI is InChI=1S/C23H17ClFNO4/c1-13-4-5-15(11-18(13)25)21(27)19-20(14-6-8-16(24)9-7-14)26(23(29)22(19)28)12-17-3-2-10-30-17/h2-11,20,27H,12H2,1H3/t20-/m0/s1. The van der Waals surface area contributed by atoms with E-state index in [4.69, 9.17) is 16.0 Å². The van der Waals surface area contributed by atoms with Crippen molar-refractivity contribution in [2.75, 3.05) is 0 Å². The number of aliphatic hydroxyl groups is 1. The number of furan rings is 1. The van der Waals surface area contributed by atoms with Gasteiger partial charge in [0.1, 0.15) is 17.3 Å². The molecule has 0 radical (unpaired) electrons. The maximum absolute atomic E-state index is 14.1. The van der Waals surface area contributed by atoms with E-state index in [9.17, 15) is 19.1 Å². The van der Waals surface area contributed by atoms with Crippen LogP contribution in [0.4, 0.5) is 4.39 Å². The molecule has 1 aromatic heterocycles. The summed E-state index contributed by atoms with van der Waals surface area (Å²) in [7, 11) is 0. The summed E-state index contributed by atoms with van der Waals surface area (Å²) in [5.74, 6) is -2.10. The van der Waals surface area contributed by atoms with E-state index in [1.54, 1.807) is 43.3 Å². The molecule has 7 heteroatoms. The Bertz CT molecular complexity index is 1150. The molecule has 1 amide bonds. The Morgan fingerprint density at radius 2 is 1.90 bits per heavy atom. The van der Waals surface area contributed by atoms with Crippen LogP contribution in [0.5, 0.6) is 0 Å². The van der Waals surface area contributed by atoms with Crippen molar-refractivity contribution in [3.63, 3.8) is 0 Å². The van der Waals surface area contributed by atoms with Gasteiger partial charge in [0, 0.05) is 10.6 Å². The third-order valence-corrected chi connectivity index (χ3v) is 5.33. The molecule has 30 heavy (non-hydrogen) atoms. The molecule has 1 fully saturated rings. The van der Waals surface area contributed by atoms with Crippen LogP contribution in [0.3, 0.4) is 0 Å². The lowest BCUT2D eigenvalue weighted by molar-refractivity contribution is -0.140. The average molecular weight is 426 g/mol. The van der Waals surface area contributed by atoms with Crippen LogP contribution < -0.4 is 0 Å². The first-order valence-electron chi connectivity index (χ1n) is 9.19. The van der Waals surface area contributed by atoms with E-state index in [0.717, 1.165) is 6.07 Å². The molecule has 3 aromatic rings. The van der Waals surface area contributed by atoms with Gasteiger partial charge in [-0.1, -0.05) is 35.9 Å². The summed E-state index contributed by atoms with van der Waals surface area (Å²) in [6, 6.07) is 13.3. The molecule has 0 unspecified atom stereocenters. The highest BCUT2D eigenvalue weighted by atomic mass is 35.5. The van der Waals surface area contributed by atoms with Crippen LogP contribution >= 0.6 is 11.6 Å². The summed E-state index contributed by atoms with van der Waals surface area (Å²) in [6.45, 7) is 1.62. The second-order valence-electron chi connectivity index (χ2n) is 7.02. The van der Waals surface area contributed by atoms with Crippen LogP contribution in [-0.2, 0) is 16.1 Å². The van der Waals surface area contributed by atoms with Gasteiger partial charge in [0.15, 0.2) is 0 Å². The van der Waals surface area contributed by atoms with Crippen molar-refractivity contribution in [3.05, 3.63) is 99.7 Å². The smallest absolute Gasteiger partial charge is 0.296 e. The number of rotatable bonds is 4. The Kier molecular flexibility index (Phi) is 5.18. The zero-order valence-electron chi connectivity index (χ0n) is 15.9.